The third-order valence-electron chi connectivity index (χ3n) is 1.02. The first-order valence-electron chi connectivity index (χ1n) is 2.76. The number of carbonyl (C=O) groups is 1. The van der Waals surface area contributed by atoms with Crippen LogP contribution in [0.1, 0.15) is 10.4 Å². The molecule has 1 rings (SSSR count). The molecule has 0 atom stereocenters. The van der Waals surface area contributed by atoms with Crippen LogP contribution in [-0.4, -0.2) is 15.7 Å². The smallest absolute Gasteiger partial charge is 0.335 e. The zero-order valence-electron chi connectivity index (χ0n) is 5.57. The second kappa shape index (κ2) is 5.70. The highest BCUT2D eigenvalue weighted by molar-refractivity contribution is 6.04. The molecule has 0 heterocycles. The Balaban J connectivity index is 0.000000461. The van der Waals surface area contributed by atoms with Crippen molar-refractivity contribution in [1.29, 1.82) is 0 Å². The predicted octanol–water partition coefficient (Wildman–Crippen LogP) is 1.52. The summed E-state index contributed by atoms with van der Waals surface area (Å²) in [4.78, 5) is 10.2. The molecular weight excluding hydrogens is 168 g/mol. The quantitative estimate of drug-likeness (QED) is 0.679. The molecule has 11 heavy (non-hydrogen) atoms. The predicted molar refractivity (Wildman–Crippen MR) is 41.5 cm³/mol. The minimum absolute atomic E-state index is 0.331. The van der Waals surface area contributed by atoms with Gasteiger partial charge in [-0.05, 0) is 12.1 Å². The topological polar surface area (TPSA) is 57.5 Å². The van der Waals surface area contributed by atoms with E-state index in [0.717, 1.165) is 0 Å². The van der Waals surface area contributed by atoms with Gasteiger partial charge in [-0.15, -0.1) is 0 Å². The average Bonchev–Trinajstić information content (AvgIpc) is 2.10. The van der Waals surface area contributed by atoms with Crippen LogP contribution in [0.4, 0.5) is 0 Å². The molecule has 0 saturated carbocycles. The summed E-state index contributed by atoms with van der Waals surface area (Å²) in [5.74, 6) is -0.879. The number of carboxylic acids is 1. The van der Waals surface area contributed by atoms with Gasteiger partial charge in [0, 0.05) is 0 Å². The number of carboxylic acid groups (broad SMARTS) is 1. The second-order valence-corrected chi connectivity index (χ2v) is 1.67. The summed E-state index contributed by atoms with van der Waals surface area (Å²) < 4.78 is 6.47. The molecule has 0 aliphatic rings. The zero-order chi connectivity index (χ0) is 8.69. The molecule has 1 aromatic rings. The molecule has 3 nitrogen and oxygen atoms in total. The van der Waals surface area contributed by atoms with E-state index in [1.807, 2.05) is 0 Å². The maximum atomic E-state index is 10.2. The van der Waals surface area contributed by atoms with Crippen LogP contribution in [0, 0.1) is 0 Å². The highest BCUT2D eigenvalue weighted by Gasteiger charge is 1.96. The van der Waals surface area contributed by atoms with Crippen molar-refractivity contribution in [3.05, 3.63) is 35.9 Å². The van der Waals surface area contributed by atoms with Gasteiger partial charge < -0.3 is 5.11 Å². The highest BCUT2D eigenvalue weighted by atomic mass is 35.5. The molecule has 0 fully saturated rings. The van der Waals surface area contributed by atoms with Crippen molar-refractivity contribution in [2.24, 2.45) is 0 Å². The lowest BCUT2D eigenvalue weighted by atomic mass is 10.2. The van der Waals surface area contributed by atoms with Crippen LogP contribution in [0.2, 0.25) is 0 Å². The van der Waals surface area contributed by atoms with Gasteiger partial charge in [-0.1, -0.05) is 18.2 Å². The molecule has 0 spiro atoms. The molecule has 0 unspecified atom stereocenters. The minimum atomic E-state index is -0.879. The Morgan fingerprint density at radius 1 is 1.18 bits per heavy atom. The molecule has 2 N–H and O–H groups in total. The third-order valence-corrected chi connectivity index (χ3v) is 1.02. The number of aromatic carboxylic acids is 1. The first kappa shape index (κ1) is 9.94. The van der Waals surface area contributed by atoms with Crippen LogP contribution in [0.25, 0.3) is 0 Å². The van der Waals surface area contributed by atoms with Crippen LogP contribution in [-0.2, 0) is 0 Å². The van der Waals surface area contributed by atoms with Gasteiger partial charge in [0.05, 0.1) is 17.4 Å². The van der Waals surface area contributed by atoms with Crippen molar-refractivity contribution < 1.29 is 14.6 Å². The molecule has 0 saturated heterocycles. The minimum Gasteiger partial charge on any atom is -0.478 e. The average molecular weight is 175 g/mol. The molecular formula is C7H7ClO3. The Labute approximate surface area is 69.0 Å². The molecule has 60 valence electrons. The van der Waals surface area contributed by atoms with E-state index in [0.29, 0.717) is 5.56 Å². The maximum Gasteiger partial charge on any atom is 0.335 e. The van der Waals surface area contributed by atoms with Gasteiger partial charge in [0.1, 0.15) is 0 Å². The highest BCUT2D eigenvalue weighted by Crippen LogP contribution is 1.96. The first-order valence-corrected chi connectivity index (χ1v) is 3.10. The number of hydrogen-bond acceptors (Lipinski definition) is 2. The van der Waals surface area contributed by atoms with E-state index in [1.54, 1.807) is 30.3 Å². The van der Waals surface area contributed by atoms with Crippen LogP contribution in [0.5, 0.6) is 0 Å². The normalized spacial score (nSPS) is 7.82. The van der Waals surface area contributed by atoms with E-state index < -0.39 is 5.97 Å². The van der Waals surface area contributed by atoms with Gasteiger partial charge in [-0.25, -0.2) is 4.79 Å². The van der Waals surface area contributed by atoms with Gasteiger partial charge in [-0.3, -0.25) is 4.66 Å². The van der Waals surface area contributed by atoms with E-state index in [2.05, 4.69) is 11.9 Å². The molecule has 0 bridgehead atoms. The summed E-state index contributed by atoms with van der Waals surface area (Å²) in [5.41, 5.74) is 0.331. The lowest BCUT2D eigenvalue weighted by Crippen LogP contribution is -1.93. The summed E-state index contributed by atoms with van der Waals surface area (Å²) in [6.45, 7) is 0. The monoisotopic (exact) mass is 174 g/mol. The van der Waals surface area contributed by atoms with E-state index in [-0.39, 0.29) is 0 Å². The molecule has 0 aliphatic carbocycles. The molecule has 0 aliphatic heterocycles. The lowest BCUT2D eigenvalue weighted by Gasteiger charge is -1.88. The molecule has 0 aromatic heterocycles. The van der Waals surface area contributed by atoms with Gasteiger partial charge >= 0.3 is 5.97 Å². The number of hydrogen-bond donors (Lipinski definition) is 2. The fourth-order valence-electron chi connectivity index (χ4n) is 0.581. The maximum absolute atomic E-state index is 10.2. The summed E-state index contributed by atoms with van der Waals surface area (Å²) in [7, 11) is 0. The Bertz CT molecular complexity index is 210. The molecule has 1 aromatic carbocycles. The largest absolute Gasteiger partial charge is 0.478 e. The van der Waals surface area contributed by atoms with Crippen LogP contribution in [0.15, 0.2) is 30.3 Å². The van der Waals surface area contributed by atoms with Crippen molar-refractivity contribution in [1.82, 2.24) is 0 Å². The fraction of sp³-hybridized carbons (Fsp3) is 0. The van der Waals surface area contributed by atoms with Crippen molar-refractivity contribution in [2.45, 2.75) is 0 Å². The van der Waals surface area contributed by atoms with E-state index in [9.17, 15) is 4.79 Å². The van der Waals surface area contributed by atoms with Crippen LogP contribution < -0.4 is 0 Å². The van der Waals surface area contributed by atoms with E-state index in [1.165, 1.54) is 0 Å². The molecule has 0 amide bonds. The summed E-state index contributed by atoms with van der Waals surface area (Å²) in [6.07, 6.45) is 0. The lowest BCUT2D eigenvalue weighted by molar-refractivity contribution is 0.0697. The summed E-state index contributed by atoms with van der Waals surface area (Å²) in [6, 6.07) is 8.30. The Morgan fingerprint density at radius 2 is 1.64 bits per heavy atom. The SMILES string of the molecule is O=C(O)c1ccccc1.OCl. The number of rotatable bonds is 1. The van der Waals surface area contributed by atoms with Crippen LogP contribution in [0.3, 0.4) is 0 Å². The summed E-state index contributed by atoms with van der Waals surface area (Å²) >= 11 is 3.64. The molecule has 0 radical (unpaired) electrons. The van der Waals surface area contributed by atoms with Crippen LogP contribution >= 0.6 is 11.9 Å². The second-order valence-electron chi connectivity index (χ2n) is 1.67. The first-order chi connectivity index (χ1) is 5.30. The third kappa shape index (κ3) is 3.60. The number of benzene rings is 1. The fourth-order valence-corrected chi connectivity index (χ4v) is 0.581. The standard InChI is InChI=1S/C7H6O2.ClHO/c8-7(9)6-4-2-1-3-5-6;1-2/h1-5H,(H,8,9);2H. The zero-order valence-corrected chi connectivity index (χ0v) is 6.32. The van der Waals surface area contributed by atoms with Gasteiger partial charge in [-0.2, -0.15) is 0 Å². The van der Waals surface area contributed by atoms with Gasteiger partial charge in [0.2, 0.25) is 0 Å². The Hall–Kier alpha value is -1.06. The number of halogens is 1. The van der Waals surface area contributed by atoms with Crippen molar-refractivity contribution in [2.75, 3.05) is 0 Å². The van der Waals surface area contributed by atoms with E-state index >= 15 is 0 Å². The van der Waals surface area contributed by atoms with Gasteiger partial charge in [0.15, 0.2) is 0 Å². The van der Waals surface area contributed by atoms with Crippen molar-refractivity contribution in [3.63, 3.8) is 0 Å². The van der Waals surface area contributed by atoms with Crippen molar-refractivity contribution >= 4 is 17.8 Å². The van der Waals surface area contributed by atoms with Gasteiger partial charge in [0.25, 0.3) is 0 Å². The Kier molecular flexibility index (Phi) is 5.15. The van der Waals surface area contributed by atoms with Crippen molar-refractivity contribution in [3.8, 4) is 0 Å². The molecule has 4 heteroatoms. The van der Waals surface area contributed by atoms with E-state index in [4.69, 9.17) is 9.77 Å². The Morgan fingerprint density at radius 3 is 1.91 bits per heavy atom. The summed E-state index contributed by atoms with van der Waals surface area (Å²) in [5, 5.41) is 8.38.